The van der Waals surface area contributed by atoms with Gasteiger partial charge in [0.15, 0.2) is 0 Å². The molecule has 0 atom stereocenters. The second-order valence-electron chi connectivity index (χ2n) is 6.75. The average Bonchev–Trinajstić information content (AvgIpc) is 2.74. The van der Waals surface area contributed by atoms with Gasteiger partial charge in [-0.1, -0.05) is 30.3 Å². The van der Waals surface area contributed by atoms with Crippen LogP contribution in [0, 0.1) is 13.8 Å². The minimum atomic E-state index is -0.286. The molecule has 0 heterocycles. The van der Waals surface area contributed by atoms with E-state index in [2.05, 4.69) is 5.32 Å². The molecule has 3 aromatic rings. The van der Waals surface area contributed by atoms with Crippen molar-refractivity contribution in [3.05, 3.63) is 94.5 Å². The van der Waals surface area contributed by atoms with Crippen molar-refractivity contribution >= 4 is 5.91 Å². The zero-order valence-electron chi connectivity index (χ0n) is 16.7. The Bertz CT molecular complexity index is 899. The molecule has 0 aliphatic rings. The third-order valence-corrected chi connectivity index (χ3v) is 4.94. The van der Waals surface area contributed by atoms with E-state index in [4.69, 9.17) is 9.47 Å². The Morgan fingerprint density at radius 2 is 1.25 bits per heavy atom. The molecule has 0 bridgehead atoms. The molecule has 3 aromatic carbocycles. The lowest BCUT2D eigenvalue weighted by atomic mass is 9.97. The van der Waals surface area contributed by atoms with E-state index >= 15 is 0 Å². The van der Waals surface area contributed by atoms with Crippen molar-refractivity contribution in [1.82, 2.24) is 5.32 Å². The van der Waals surface area contributed by atoms with Crippen LogP contribution in [0.15, 0.2) is 66.7 Å². The van der Waals surface area contributed by atoms with Crippen LogP contribution >= 0.6 is 0 Å². The summed E-state index contributed by atoms with van der Waals surface area (Å²) in [7, 11) is 3.27. The van der Waals surface area contributed by atoms with Crippen molar-refractivity contribution < 1.29 is 14.3 Å². The summed E-state index contributed by atoms with van der Waals surface area (Å²) in [6, 6.07) is 20.9. The Kier molecular flexibility index (Phi) is 5.99. The van der Waals surface area contributed by atoms with E-state index in [0.717, 1.165) is 28.2 Å². The van der Waals surface area contributed by atoms with Crippen molar-refractivity contribution in [3.8, 4) is 11.5 Å². The summed E-state index contributed by atoms with van der Waals surface area (Å²) in [5.41, 5.74) is 4.86. The molecule has 0 saturated carbocycles. The summed E-state index contributed by atoms with van der Waals surface area (Å²) >= 11 is 0. The van der Waals surface area contributed by atoms with Gasteiger partial charge in [-0.25, -0.2) is 0 Å². The molecular formula is C24H25NO3. The number of hydrogen-bond acceptors (Lipinski definition) is 3. The van der Waals surface area contributed by atoms with E-state index in [1.54, 1.807) is 14.2 Å². The topological polar surface area (TPSA) is 47.6 Å². The predicted octanol–water partition coefficient (Wildman–Crippen LogP) is 4.84. The number of ether oxygens (including phenoxy) is 2. The van der Waals surface area contributed by atoms with Gasteiger partial charge in [0, 0.05) is 5.56 Å². The molecule has 144 valence electrons. The summed E-state index contributed by atoms with van der Waals surface area (Å²) in [6.45, 7) is 4.05. The van der Waals surface area contributed by atoms with Gasteiger partial charge in [-0.05, 0) is 72.5 Å². The minimum absolute atomic E-state index is 0.111. The second kappa shape index (κ2) is 8.61. The molecule has 4 nitrogen and oxygen atoms in total. The first-order valence-corrected chi connectivity index (χ1v) is 9.18. The van der Waals surface area contributed by atoms with Crippen molar-refractivity contribution in [2.75, 3.05) is 14.2 Å². The number of benzene rings is 3. The highest BCUT2D eigenvalue weighted by Crippen LogP contribution is 2.26. The van der Waals surface area contributed by atoms with Crippen molar-refractivity contribution in [3.63, 3.8) is 0 Å². The van der Waals surface area contributed by atoms with Gasteiger partial charge in [0.2, 0.25) is 0 Å². The molecule has 0 fully saturated rings. The van der Waals surface area contributed by atoms with Gasteiger partial charge >= 0.3 is 0 Å². The van der Waals surface area contributed by atoms with Gasteiger partial charge in [-0.2, -0.15) is 0 Å². The normalized spacial score (nSPS) is 10.6. The Morgan fingerprint density at radius 3 is 1.68 bits per heavy atom. The van der Waals surface area contributed by atoms with Gasteiger partial charge in [0.05, 0.1) is 20.3 Å². The van der Waals surface area contributed by atoms with Gasteiger partial charge in [-0.15, -0.1) is 0 Å². The highest BCUT2D eigenvalue weighted by Gasteiger charge is 2.18. The molecule has 0 aliphatic heterocycles. The number of nitrogens with one attached hydrogen (secondary N) is 1. The van der Waals surface area contributed by atoms with Crippen LogP contribution in [0.2, 0.25) is 0 Å². The Hall–Kier alpha value is -3.27. The Morgan fingerprint density at radius 1 is 0.750 bits per heavy atom. The maximum absolute atomic E-state index is 13.0. The van der Waals surface area contributed by atoms with Gasteiger partial charge in [0.1, 0.15) is 11.5 Å². The van der Waals surface area contributed by atoms with Crippen LogP contribution in [0.25, 0.3) is 0 Å². The largest absolute Gasteiger partial charge is 0.497 e. The molecule has 0 radical (unpaired) electrons. The van der Waals surface area contributed by atoms with E-state index in [-0.39, 0.29) is 11.9 Å². The van der Waals surface area contributed by atoms with Crippen LogP contribution in [0.5, 0.6) is 11.5 Å². The highest BCUT2D eigenvalue weighted by atomic mass is 16.5. The van der Waals surface area contributed by atoms with Crippen molar-refractivity contribution in [2.24, 2.45) is 0 Å². The number of methoxy groups -OCH3 is 2. The lowest BCUT2D eigenvalue weighted by Gasteiger charge is -2.21. The van der Waals surface area contributed by atoms with E-state index in [9.17, 15) is 4.79 Å². The summed E-state index contributed by atoms with van der Waals surface area (Å²) in [5.74, 6) is 1.44. The first kappa shape index (κ1) is 19.5. The van der Waals surface area contributed by atoms with Crippen LogP contribution in [-0.2, 0) is 0 Å². The summed E-state index contributed by atoms with van der Waals surface area (Å²) in [6.07, 6.45) is 0. The zero-order valence-corrected chi connectivity index (χ0v) is 16.7. The molecule has 1 N–H and O–H groups in total. The Balaban J connectivity index is 1.94. The van der Waals surface area contributed by atoms with Gasteiger partial charge < -0.3 is 14.8 Å². The lowest BCUT2D eigenvalue weighted by Crippen LogP contribution is -2.29. The van der Waals surface area contributed by atoms with E-state index < -0.39 is 0 Å². The Labute approximate surface area is 166 Å². The number of rotatable bonds is 6. The first-order chi connectivity index (χ1) is 13.5. The fraction of sp³-hybridized carbons (Fsp3) is 0.208. The molecule has 28 heavy (non-hydrogen) atoms. The maximum atomic E-state index is 13.0. The fourth-order valence-electron chi connectivity index (χ4n) is 3.05. The third-order valence-electron chi connectivity index (χ3n) is 4.94. The number of carbonyl (C=O) groups excluding carboxylic acids is 1. The smallest absolute Gasteiger partial charge is 0.252 e. The molecule has 0 unspecified atom stereocenters. The molecule has 0 saturated heterocycles. The van der Waals surface area contributed by atoms with Crippen LogP contribution in [0.1, 0.15) is 38.7 Å². The van der Waals surface area contributed by atoms with Crippen LogP contribution < -0.4 is 14.8 Å². The minimum Gasteiger partial charge on any atom is -0.497 e. The summed E-state index contributed by atoms with van der Waals surface area (Å²) in [4.78, 5) is 13.0. The molecule has 4 heteroatoms. The molecule has 0 aromatic heterocycles. The lowest BCUT2D eigenvalue weighted by molar-refractivity contribution is 0.0943. The highest BCUT2D eigenvalue weighted by molar-refractivity contribution is 5.95. The predicted molar refractivity (Wildman–Crippen MR) is 111 cm³/mol. The first-order valence-electron chi connectivity index (χ1n) is 9.18. The van der Waals surface area contributed by atoms with Crippen LogP contribution in [0.3, 0.4) is 0 Å². The van der Waals surface area contributed by atoms with Crippen LogP contribution in [-0.4, -0.2) is 20.1 Å². The summed E-state index contributed by atoms with van der Waals surface area (Å²) in [5, 5.41) is 3.17. The van der Waals surface area contributed by atoms with Crippen LogP contribution in [0.4, 0.5) is 0 Å². The molecule has 3 rings (SSSR count). The maximum Gasteiger partial charge on any atom is 0.252 e. The van der Waals surface area contributed by atoms with E-state index in [1.807, 2.05) is 80.6 Å². The number of aryl methyl sites for hydroxylation is 2. The average molecular weight is 375 g/mol. The number of hydrogen-bond donors (Lipinski definition) is 1. The monoisotopic (exact) mass is 375 g/mol. The number of carbonyl (C=O) groups is 1. The standard InChI is InChI=1S/C24H25NO3/c1-16-5-6-20(15-17(16)2)24(26)25-23(18-7-11-21(27-3)12-8-18)19-9-13-22(28-4)14-10-19/h5-15,23H,1-4H3,(H,25,26). The second-order valence-corrected chi connectivity index (χ2v) is 6.75. The fourth-order valence-corrected chi connectivity index (χ4v) is 3.05. The molecule has 0 aliphatic carbocycles. The van der Waals surface area contributed by atoms with Crippen molar-refractivity contribution in [2.45, 2.75) is 19.9 Å². The quantitative estimate of drug-likeness (QED) is 0.671. The SMILES string of the molecule is COc1ccc(C(NC(=O)c2ccc(C)c(C)c2)c2ccc(OC)cc2)cc1. The summed E-state index contributed by atoms with van der Waals surface area (Å²) < 4.78 is 10.5. The van der Waals surface area contributed by atoms with E-state index in [1.165, 1.54) is 5.56 Å². The third kappa shape index (κ3) is 4.34. The van der Waals surface area contributed by atoms with Gasteiger partial charge in [-0.3, -0.25) is 4.79 Å². The van der Waals surface area contributed by atoms with Gasteiger partial charge in [0.25, 0.3) is 5.91 Å². The van der Waals surface area contributed by atoms with Crippen molar-refractivity contribution in [1.29, 1.82) is 0 Å². The molecule has 1 amide bonds. The number of amides is 1. The molecular weight excluding hydrogens is 350 g/mol. The zero-order chi connectivity index (χ0) is 20.1. The molecule has 0 spiro atoms. The van der Waals surface area contributed by atoms with E-state index in [0.29, 0.717) is 5.56 Å².